The van der Waals surface area contributed by atoms with Crippen LogP contribution in [0.1, 0.15) is 13.8 Å². The van der Waals surface area contributed by atoms with Crippen LogP contribution in [0.15, 0.2) is 72.3 Å². The first-order valence-electron chi connectivity index (χ1n) is 6.81. The zero-order valence-electron chi connectivity index (χ0n) is 13.5. The van der Waals surface area contributed by atoms with E-state index in [1.807, 2.05) is 60.7 Å². The quantitative estimate of drug-likeness (QED) is 0.276. The molecule has 2 aromatic carbocycles. The number of methoxy groups -OCH3 is 1. The molecule has 0 spiro atoms. The van der Waals surface area contributed by atoms with Crippen molar-refractivity contribution >= 4 is 12.4 Å². The van der Waals surface area contributed by atoms with Gasteiger partial charge in [-0.2, -0.15) is 18.2 Å². The Morgan fingerprint density at radius 1 is 1.09 bits per heavy atom. The summed E-state index contributed by atoms with van der Waals surface area (Å²) in [7, 11) is 1.30. The van der Waals surface area contributed by atoms with Crippen molar-refractivity contribution in [3.05, 3.63) is 72.3 Å². The molecular weight excluding hydrogens is 336 g/mol. The standard InChI is InChI=1S/C8H12O4.2C5H5.Fe/c1-6(8(10)11-3)4-7(2)12-5-9;2*1-2-4-5-3-1;/h4-5,7H,1-3H3;2*1-5H;/q;-5;-1;. The van der Waals surface area contributed by atoms with Gasteiger partial charge in [0.2, 0.25) is 0 Å². The molecule has 1 atom stereocenters. The van der Waals surface area contributed by atoms with Gasteiger partial charge < -0.3 is 39.8 Å². The van der Waals surface area contributed by atoms with Crippen molar-refractivity contribution < 1.29 is 36.1 Å². The summed E-state index contributed by atoms with van der Waals surface area (Å²) in [5.41, 5.74) is 0.423. The summed E-state index contributed by atoms with van der Waals surface area (Å²) in [6.45, 7) is 3.59. The van der Waals surface area contributed by atoms with E-state index in [1.54, 1.807) is 13.8 Å². The van der Waals surface area contributed by atoms with Crippen molar-refractivity contribution in [1.82, 2.24) is 0 Å². The predicted molar refractivity (Wildman–Crippen MR) is 86.5 cm³/mol. The molecule has 0 amide bonds. The van der Waals surface area contributed by atoms with Gasteiger partial charge in [-0.05, 0) is 19.9 Å². The van der Waals surface area contributed by atoms with E-state index in [0.29, 0.717) is 12.0 Å². The fraction of sp³-hybridized carbons (Fsp3) is 0.222. The topological polar surface area (TPSA) is 52.6 Å². The van der Waals surface area contributed by atoms with Crippen molar-refractivity contribution in [3.8, 4) is 0 Å². The minimum Gasteiger partial charge on any atom is -0.748 e. The molecule has 0 radical (unpaired) electrons. The molecule has 1 unspecified atom stereocenters. The van der Waals surface area contributed by atoms with Crippen LogP contribution in [0.2, 0.25) is 0 Å². The fourth-order valence-electron chi connectivity index (χ4n) is 1.35. The third-order valence-corrected chi connectivity index (χ3v) is 2.37. The number of hydrogen-bond acceptors (Lipinski definition) is 4. The van der Waals surface area contributed by atoms with Crippen LogP contribution in [0.4, 0.5) is 0 Å². The first-order chi connectivity index (χ1) is 10.6. The van der Waals surface area contributed by atoms with Crippen LogP contribution in [-0.2, 0) is 36.1 Å². The molecular formula is C18H22FeO4-6. The average molecular weight is 358 g/mol. The maximum atomic E-state index is 10.8. The van der Waals surface area contributed by atoms with Crippen LogP contribution in [0, 0.1) is 0 Å². The molecule has 0 saturated heterocycles. The Morgan fingerprint density at radius 3 is 1.87 bits per heavy atom. The van der Waals surface area contributed by atoms with Crippen molar-refractivity contribution in [2.45, 2.75) is 20.0 Å². The Bertz CT molecular complexity index is 440. The van der Waals surface area contributed by atoms with Crippen molar-refractivity contribution in [2.75, 3.05) is 7.11 Å². The number of carbonyl (C=O) groups excluding carboxylic acids is 2. The van der Waals surface area contributed by atoms with Crippen LogP contribution >= 0.6 is 0 Å². The van der Waals surface area contributed by atoms with E-state index >= 15 is 0 Å². The van der Waals surface area contributed by atoms with Crippen LogP contribution < -0.4 is 0 Å². The van der Waals surface area contributed by atoms with E-state index in [-0.39, 0.29) is 17.1 Å². The molecule has 2 rings (SSSR count). The van der Waals surface area contributed by atoms with Gasteiger partial charge in [-0.3, -0.25) is 4.79 Å². The molecule has 0 aliphatic rings. The molecule has 0 heterocycles. The molecule has 23 heavy (non-hydrogen) atoms. The smallest absolute Gasteiger partial charge is 0.333 e. The maximum Gasteiger partial charge on any atom is 0.333 e. The van der Waals surface area contributed by atoms with E-state index < -0.39 is 12.1 Å². The second kappa shape index (κ2) is 16.3. The second-order valence-corrected chi connectivity index (χ2v) is 4.20. The van der Waals surface area contributed by atoms with Gasteiger partial charge in [0.25, 0.3) is 6.47 Å². The Kier molecular flexibility index (Phi) is 16.4. The van der Waals surface area contributed by atoms with E-state index in [2.05, 4.69) is 9.47 Å². The summed E-state index contributed by atoms with van der Waals surface area (Å²) < 4.78 is 8.98. The molecule has 0 N–H and O–H groups in total. The van der Waals surface area contributed by atoms with Gasteiger partial charge in [0, 0.05) is 22.6 Å². The van der Waals surface area contributed by atoms with Gasteiger partial charge in [0.1, 0.15) is 6.10 Å². The average Bonchev–Trinajstić information content (AvgIpc) is 3.23. The normalized spacial score (nSPS) is 10.5. The maximum absolute atomic E-state index is 10.8. The van der Waals surface area contributed by atoms with Gasteiger partial charge in [-0.1, -0.05) is 0 Å². The zero-order valence-corrected chi connectivity index (χ0v) is 14.6. The van der Waals surface area contributed by atoms with Gasteiger partial charge >= 0.3 is 5.97 Å². The molecule has 0 fully saturated rings. The van der Waals surface area contributed by atoms with E-state index in [0.717, 1.165) is 0 Å². The number of hydrogen-bond donors (Lipinski definition) is 0. The molecule has 0 aliphatic carbocycles. The van der Waals surface area contributed by atoms with Crippen LogP contribution in [0.3, 0.4) is 0 Å². The summed E-state index contributed by atoms with van der Waals surface area (Å²) in [5, 5.41) is 0. The number of esters is 1. The van der Waals surface area contributed by atoms with Gasteiger partial charge in [0.05, 0.1) is 7.11 Å². The SMILES string of the molecule is COC(=O)C(C)=CC(C)OC=O.[Fe].[cH-]1[cH-][cH-][cH-][cH-]1.c1cc[cH-]c1. The Labute approximate surface area is 148 Å². The summed E-state index contributed by atoms with van der Waals surface area (Å²) in [6.07, 6.45) is 1.11. The fourth-order valence-corrected chi connectivity index (χ4v) is 1.35. The molecule has 4 nitrogen and oxygen atoms in total. The van der Waals surface area contributed by atoms with E-state index in [1.165, 1.54) is 13.2 Å². The first-order valence-corrected chi connectivity index (χ1v) is 6.81. The van der Waals surface area contributed by atoms with Crippen LogP contribution in [0.5, 0.6) is 0 Å². The van der Waals surface area contributed by atoms with Gasteiger partial charge in [-0.15, -0.1) is 0 Å². The third-order valence-electron chi connectivity index (χ3n) is 2.37. The molecule has 0 aromatic heterocycles. The Balaban J connectivity index is 0. The van der Waals surface area contributed by atoms with Crippen molar-refractivity contribution in [1.29, 1.82) is 0 Å². The number of rotatable bonds is 4. The predicted octanol–water partition coefficient (Wildman–Crippen LogP) is 3.48. The monoisotopic (exact) mass is 358 g/mol. The Morgan fingerprint density at radius 2 is 1.57 bits per heavy atom. The molecule has 2 aromatic rings. The number of carbonyl (C=O) groups is 2. The van der Waals surface area contributed by atoms with Crippen molar-refractivity contribution in [3.63, 3.8) is 0 Å². The molecule has 5 heteroatoms. The molecule has 132 valence electrons. The van der Waals surface area contributed by atoms with E-state index in [9.17, 15) is 9.59 Å². The summed E-state index contributed by atoms with van der Waals surface area (Å²) in [4.78, 5) is 20.7. The first kappa shape index (κ1) is 23.2. The van der Waals surface area contributed by atoms with Crippen molar-refractivity contribution in [2.24, 2.45) is 0 Å². The molecule has 0 aliphatic heterocycles. The molecule has 0 saturated carbocycles. The van der Waals surface area contributed by atoms with Crippen LogP contribution in [-0.4, -0.2) is 25.7 Å². The third kappa shape index (κ3) is 14.6. The van der Waals surface area contributed by atoms with Crippen LogP contribution in [0.25, 0.3) is 0 Å². The second-order valence-electron chi connectivity index (χ2n) is 4.20. The Hall–Kier alpha value is -2.10. The summed E-state index contributed by atoms with van der Waals surface area (Å²) >= 11 is 0. The minimum absolute atomic E-state index is 0. The zero-order chi connectivity index (χ0) is 16.6. The summed E-state index contributed by atoms with van der Waals surface area (Å²) in [6, 6.07) is 20.0. The molecule has 0 bridgehead atoms. The summed E-state index contributed by atoms with van der Waals surface area (Å²) in [5.74, 6) is -0.420. The number of ether oxygens (including phenoxy) is 2. The van der Waals surface area contributed by atoms with Gasteiger partial charge in [-0.25, -0.2) is 16.9 Å². The van der Waals surface area contributed by atoms with E-state index in [4.69, 9.17) is 0 Å². The largest absolute Gasteiger partial charge is 0.748 e. The van der Waals surface area contributed by atoms with Gasteiger partial charge in [0.15, 0.2) is 0 Å². The minimum atomic E-state index is -0.420.